The van der Waals surface area contributed by atoms with Gasteiger partial charge in [-0.15, -0.1) is 0 Å². The van der Waals surface area contributed by atoms with Crippen molar-refractivity contribution in [2.24, 2.45) is 0 Å². The lowest BCUT2D eigenvalue weighted by molar-refractivity contribution is -0.243. The summed E-state index contributed by atoms with van der Waals surface area (Å²) in [4.78, 5) is 0. The summed E-state index contributed by atoms with van der Waals surface area (Å²) < 4.78 is 54.7. The van der Waals surface area contributed by atoms with Crippen LogP contribution in [0.2, 0.25) is 0 Å². The van der Waals surface area contributed by atoms with Gasteiger partial charge in [-0.05, 0) is 31.2 Å². The number of rotatable bonds is 3. The minimum absolute atomic E-state index is 0.207. The predicted octanol–water partition coefficient (Wildman–Crippen LogP) is 3.62. The Morgan fingerprint density at radius 1 is 1.22 bits per heavy atom. The SMILES string of the molecule is C[C@H]1CO[C@@](c2ccc(C(F)(F)F)cc2)(C(O)c2ccco2)O1. The van der Waals surface area contributed by atoms with Crippen LogP contribution >= 0.6 is 0 Å². The minimum Gasteiger partial charge on any atom is -0.466 e. The summed E-state index contributed by atoms with van der Waals surface area (Å²) in [5, 5.41) is 10.6. The molecular weight excluding hydrogens is 313 g/mol. The standard InChI is InChI=1S/C16H15F3O4/c1-10-9-22-15(23-10,14(20)13-3-2-8-21-13)11-4-6-12(7-5-11)16(17,18)19/h2-8,10,14,20H,9H2,1H3/t10-,14?,15+/m0/s1. The van der Waals surface area contributed by atoms with E-state index in [0.717, 1.165) is 12.1 Å². The zero-order valence-electron chi connectivity index (χ0n) is 12.2. The first kappa shape index (κ1) is 16.0. The molecule has 1 fully saturated rings. The van der Waals surface area contributed by atoms with Gasteiger partial charge in [-0.2, -0.15) is 13.2 Å². The molecule has 1 aromatic heterocycles. The van der Waals surface area contributed by atoms with E-state index in [4.69, 9.17) is 13.9 Å². The molecule has 1 aromatic carbocycles. The van der Waals surface area contributed by atoms with Crippen molar-refractivity contribution in [3.05, 3.63) is 59.5 Å². The Labute approximate surface area is 130 Å². The third-order valence-electron chi connectivity index (χ3n) is 3.70. The van der Waals surface area contributed by atoms with Gasteiger partial charge in [0.2, 0.25) is 5.79 Å². The molecule has 1 N–H and O–H groups in total. The van der Waals surface area contributed by atoms with Crippen LogP contribution in [0.15, 0.2) is 47.1 Å². The second kappa shape index (κ2) is 5.67. The van der Waals surface area contributed by atoms with Crippen LogP contribution in [0.5, 0.6) is 0 Å². The zero-order valence-corrected chi connectivity index (χ0v) is 12.2. The summed E-state index contributed by atoms with van der Waals surface area (Å²) in [7, 11) is 0. The van der Waals surface area contributed by atoms with Gasteiger partial charge in [-0.1, -0.05) is 12.1 Å². The van der Waals surface area contributed by atoms with Crippen molar-refractivity contribution >= 4 is 0 Å². The van der Waals surface area contributed by atoms with Crippen LogP contribution in [0.3, 0.4) is 0 Å². The van der Waals surface area contributed by atoms with E-state index < -0.39 is 23.6 Å². The van der Waals surface area contributed by atoms with Crippen molar-refractivity contribution in [1.29, 1.82) is 0 Å². The van der Waals surface area contributed by atoms with E-state index in [1.54, 1.807) is 19.1 Å². The average Bonchev–Trinajstić information content (AvgIpc) is 3.16. The Bertz CT molecular complexity index is 651. The molecule has 1 aliphatic rings. The van der Waals surface area contributed by atoms with Crippen LogP contribution < -0.4 is 0 Å². The van der Waals surface area contributed by atoms with Gasteiger partial charge in [0.1, 0.15) is 5.76 Å². The van der Waals surface area contributed by atoms with E-state index in [1.807, 2.05) is 0 Å². The van der Waals surface area contributed by atoms with Crippen LogP contribution in [0.1, 0.15) is 29.9 Å². The topological polar surface area (TPSA) is 51.8 Å². The number of alkyl halides is 3. The Morgan fingerprint density at radius 3 is 2.39 bits per heavy atom. The van der Waals surface area contributed by atoms with Crippen molar-refractivity contribution < 1.29 is 32.2 Å². The van der Waals surface area contributed by atoms with E-state index in [-0.39, 0.29) is 18.5 Å². The fourth-order valence-corrected chi connectivity index (χ4v) is 2.59. The molecule has 23 heavy (non-hydrogen) atoms. The smallest absolute Gasteiger partial charge is 0.416 e. The number of ether oxygens (including phenoxy) is 2. The largest absolute Gasteiger partial charge is 0.466 e. The number of hydrogen-bond acceptors (Lipinski definition) is 4. The van der Waals surface area contributed by atoms with E-state index in [9.17, 15) is 18.3 Å². The van der Waals surface area contributed by atoms with Crippen LogP contribution in [0.25, 0.3) is 0 Å². The highest BCUT2D eigenvalue weighted by atomic mass is 19.4. The molecule has 1 unspecified atom stereocenters. The fourth-order valence-electron chi connectivity index (χ4n) is 2.59. The maximum atomic E-state index is 12.7. The summed E-state index contributed by atoms with van der Waals surface area (Å²) in [6, 6.07) is 7.49. The summed E-state index contributed by atoms with van der Waals surface area (Å²) in [5.74, 6) is -1.39. The number of halogens is 3. The lowest BCUT2D eigenvalue weighted by Crippen LogP contribution is -2.35. The third kappa shape index (κ3) is 2.87. The molecule has 2 heterocycles. The summed E-state index contributed by atoms with van der Waals surface area (Å²) in [6.07, 6.45) is -4.67. The van der Waals surface area contributed by atoms with Crippen molar-refractivity contribution in [2.45, 2.75) is 31.1 Å². The van der Waals surface area contributed by atoms with Crippen LogP contribution in [0, 0.1) is 0 Å². The monoisotopic (exact) mass is 328 g/mol. The highest BCUT2D eigenvalue weighted by Gasteiger charge is 2.50. The molecule has 124 valence electrons. The first-order valence-electron chi connectivity index (χ1n) is 7.04. The van der Waals surface area contributed by atoms with Gasteiger partial charge in [0.05, 0.1) is 24.5 Å². The summed E-state index contributed by atoms with van der Waals surface area (Å²) >= 11 is 0. The van der Waals surface area contributed by atoms with Gasteiger partial charge in [0.25, 0.3) is 0 Å². The quantitative estimate of drug-likeness (QED) is 0.935. The van der Waals surface area contributed by atoms with E-state index in [1.165, 1.54) is 18.4 Å². The average molecular weight is 328 g/mol. The van der Waals surface area contributed by atoms with Crippen LogP contribution in [-0.2, 0) is 21.4 Å². The molecule has 3 atom stereocenters. The number of hydrogen-bond donors (Lipinski definition) is 1. The molecule has 4 nitrogen and oxygen atoms in total. The minimum atomic E-state index is -4.43. The van der Waals surface area contributed by atoms with Crippen molar-refractivity contribution in [3.63, 3.8) is 0 Å². The molecule has 1 saturated heterocycles. The molecule has 0 amide bonds. The predicted molar refractivity (Wildman–Crippen MR) is 73.3 cm³/mol. The Kier molecular flexibility index (Phi) is 3.95. The van der Waals surface area contributed by atoms with Gasteiger partial charge in [-0.25, -0.2) is 0 Å². The fraction of sp³-hybridized carbons (Fsp3) is 0.375. The van der Waals surface area contributed by atoms with Crippen LogP contribution in [0.4, 0.5) is 13.2 Å². The number of aliphatic hydroxyl groups is 1. The van der Waals surface area contributed by atoms with Gasteiger partial charge in [0.15, 0.2) is 6.10 Å². The van der Waals surface area contributed by atoms with Crippen molar-refractivity contribution in [2.75, 3.05) is 6.61 Å². The van der Waals surface area contributed by atoms with Crippen molar-refractivity contribution in [1.82, 2.24) is 0 Å². The van der Waals surface area contributed by atoms with Crippen LogP contribution in [-0.4, -0.2) is 17.8 Å². The molecule has 3 rings (SSSR count). The Balaban J connectivity index is 2.00. The normalized spacial score (nSPS) is 26.4. The number of furan rings is 1. The lowest BCUT2D eigenvalue weighted by Gasteiger charge is -2.32. The van der Waals surface area contributed by atoms with Gasteiger partial charge < -0.3 is 19.0 Å². The molecule has 1 aliphatic heterocycles. The molecule has 0 bridgehead atoms. The third-order valence-corrected chi connectivity index (χ3v) is 3.70. The molecule has 0 aliphatic carbocycles. The maximum Gasteiger partial charge on any atom is 0.416 e. The second-order valence-corrected chi connectivity index (χ2v) is 5.40. The first-order chi connectivity index (χ1) is 10.8. The Morgan fingerprint density at radius 2 is 1.91 bits per heavy atom. The highest BCUT2D eigenvalue weighted by Crippen LogP contribution is 2.45. The number of benzene rings is 1. The van der Waals surface area contributed by atoms with E-state index in [0.29, 0.717) is 5.56 Å². The van der Waals surface area contributed by atoms with E-state index >= 15 is 0 Å². The van der Waals surface area contributed by atoms with Gasteiger partial charge in [-0.3, -0.25) is 0 Å². The van der Waals surface area contributed by atoms with Gasteiger partial charge >= 0.3 is 6.18 Å². The molecule has 0 saturated carbocycles. The molecule has 7 heteroatoms. The molecule has 0 spiro atoms. The zero-order chi connectivity index (χ0) is 16.7. The first-order valence-corrected chi connectivity index (χ1v) is 7.04. The van der Waals surface area contributed by atoms with Gasteiger partial charge in [0, 0.05) is 5.56 Å². The van der Waals surface area contributed by atoms with Crippen molar-refractivity contribution in [3.8, 4) is 0 Å². The lowest BCUT2D eigenvalue weighted by atomic mass is 9.97. The maximum absolute atomic E-state index is 12.7. The van der Waals surface area contributed by atoms with E-state index in [2.05, 4.69) is 0 Å². The second-order valence-electron chi connectivity index (χ2n) is 5.40. The molecular formula is C16H15F3O4. The highest BCUT2D eigenvalue weighted by molar-refractivity contribution is 5.30. The summed E-state index contributed by atoms with van der Waals surface area (Å²) in [6.45, 7) is 1.96. The Hall–Kier alpha value is -1.83. The number of aliphatic hydroxyl groups excluding tert-OH is 1. The molecule has 2 aromatic rings. The summed E-state index contributed by atoms with van der Waals surface area (Å²) in [5.41, 5.74) is -0.492. The molecule has 0 radical (unpaired) electrons.